The number of carbonyl (C=O) groups is 2. The molecule has 1 aromatic carbocycles. The largest absolute Gasteiger partial charge is 0.368 e. The first kappa shape index (κ1) is 16.6. The summed E-state index contributed by atoms with van der Waals surface area (Å²) < 4.78 is 26.2. The zero-order valence-corrected chi connectivity index (χ0v) is 11.4. The molecule has 0 heterocycles. The summed E-state index contributed by atoms with van der Waals surface area (Å²) in [7, 11) is 0. The van der Waals surface area contributed by atoms with Crippen LogP contribution in [0.4, 0.5) is 8.78 Å². The van der Waals surface area contributed by atoms with Crippen LogP contribution >= 0.6 is 0 Å². The minimum atomic E-state index is -1.01. The minimum absolute atomic E-state index is 0.00468. The monoisotopic (exact) mass is 295 g/mol. The number of nitrogens with two attached hydrogens (primary N) is 1. The summed E-state index contributed by atoms with van der Waals surface area (Å²) in [5.41, 5.74) is 5.18. The van der Waals surface area contributed by atoms with Crippen LogP contribution in [0.3, 0.4) is 0 Å². The molecule has 5 nitrogen and oxygen atoms in total. The van der Waals surface area contributed by atoms with Gasteiger partial charge in [0.15, 0.2) is 0 Å². The summed E-state index contributed by atoms with van der Waals surface area (Å²) in [4.78, 5) is 23.1. The van der Waals surface area contributed by atoms with Crippen molar-refractivity contribution in [2.24, 2.45) is 11.7 Å². The predicted molar refractivity (Wildman–Crippen MR) is 70.6 cm³/mol. The fraction of sp³-hybridized carbons (Fsp3) is 0.357. The molecule has 1 aromatic rings. The molecule has 0 radical (unpaired) electrons. The second-order valence-electron chi connectivity index (χ2n) is 4.70. The number of hydrogen-bond donors (Lipinski definition) is 2. The van der Waals surface area contributed by atoms with E-state index in [9.17, 15) is 18.4 Å². The number of rotatable bonds is 6. The summed E-state index contributed by atoms with van der Waals surface area (Å²) in [6, 6.07) is 3.73. The van der Waals surface area contributed by atoms with Crippen molar-refractivity contribution < 1.29 is 18.4 Å². The lowest BCUT2D eigenvalue weighted by molar-refractivity contribution is -0.128. The molecule has 0 spiro atoms. The minimum Gasteiger partial charge on any atom is -0.368 e. The predicted octanol–water partition coefficient (Wildman–Crippen LogP) is 1.03. The maximum absolute atomic E-state index is 13.4. The highest BCUT2D eigenvalue weighted by atomic mass is 19.1. The Kier molecular flexibility index (Phi) is 5.79. The van der Waals surface area contributed by atoms with Crippen LogP contribution in [-0.2, 0) is 16.0 Å². The first-order valence-electron chi connectivity index (χ1n) is 6.24. The smallest absolute Gasteiger partial charge is 0.240 e. The van der Waals surface area contributed by atoms with Crippen LogP contribution in [0.5, 0.6) is 0 Å². The molecule has 1 rings (SSSR count). The van der Waals surface area contributed by atoms with E-state index in [2.05, 4.69) is 5.32 Å². The van der Waals surface area contributed by atoms with E-state index in [1.807, 2.05) is 6.07 Å². The summed E-state index contributed by atoms with van der Waals surface area (Å²) >= 11 is 0. The zero-order chi connectivity index (χ0) is 16.0. The van der Waals surface area contributed by atoms with Gasteiger partial charge in [-0.25, -0.2) is 8.78 Å². The van der Waals surface area contributed by atoms with Gasteiger partial charge in [0.1, 0.15) is 17.7 Å². The van der Waals surface area contributed by atoms with Gasteiger partial charge in [-0.2, -0.15) is 5.26 Å². The summed E-state index contributed by atoms with van der Waals surface area (Å²) in [5.74, 6) is -3.45. The maximum Gasteiger partial charge on any atom is 0.240 e. The van der Waals surface area contributed by atoms with E-state index in [0.717, 1.165) is 12.1 Å². The van der Waals surface area contributed by atoms with E-state index in [4.69, 9.17) is 11.0 Å². The van der Waals surface area contributed by atoms with Crippen molar-refractivity contribution in [1.29, 1.82) is 5.26 Å². The second kappa shape index (κ2) is 7.33. The van der Waals surface area contributed by atoms with Crippen molar-refractivity contribution in [2.45, 2.75) is 25.8 Å². The number of hydrogen-bond acceptors (Lipinski definition) is 3. The van der Waals surface area contributed by atoms with Crippen LogP contribution in [0.15, 0.2) is 18.2 Å². The maximum atomic E-state index is 13.4. The quantitative estimate of drug-likeness (QED) is 0.820. The molecule has 0 saturated carbocycles. The Morgan fingerprint density at radius 3 is 2.62 bits per heavy atom. The second-order valence-corrected chi connectivity index (χ2v) is 4.70. The van der Waals surface area contributed by atoms with Crippen LogP contribution in [0.25, 0.3) is 0 Å². The third-order valence-electron chi connectivity index (χ3n) is 2.97. The highest BCUT2D eigenvalue weighted by molar-refractivity contribution is 5.87. The molecule has 0 unspecified atom stereocenters. The van der Waals surface area contributed by atoms with Gasteiger partial charge in [-0.05, 0) is 17.5 Å². The van der Waals surface area contributed by atoms with Crippen LogP contribution < -0.4 is 11.1 Å². The Balaban J connectivity index is 2.74. The van der Waals surface area contributed by atoms with Crippen LogP contribution in [0, 0.1) is 28.9 Å². The number of amides is 2. The zero-order valence-electron chi connectivity index (χ0n) is 11.4. The van der Waals surface area contributed by atoms with Crippen molar-refractivity contribution >= 4 is 11.8 Å². The van der Waals surface area contributed by atoms with Crippen LogP contribution in [0.2, 0.25) is 0 Å². The Labute approximate surface area is 120 Å². The normalized spacial score (nSPS) is 13.0. The number of nitrogens with zero attached hydrogens (tertiary/aromatic N) is 1. The van der Waals surface area contributed by atoms with Crippen molar-refractivity contribution in [3.63, 3.8) is 0 Å². The molecule has 0 aliphatic carbocycles. The number of nitriles is 1. The summed E-state index contributed by atoms with van der Waals surface area (Å²) in [6.45, 7) is 1.59. The standard InChI is InChI=1S/C14H15F2N3O2/c1-8(4-5-17)13(14(18)21)19-12(20)6-9-2-3-10(15)7-11(9)16/h2-3,7-8,13H,4,6H2,1H3,(H2,18,21)(H,19,20)/t8-,13-/m1/s1. The molecule has 21 heavy (non-hydrogen) atoms. The Bertz CT molecular complexity index is 584. The molecular weight excluding hydrogens is 280 g/mol. The lowest BCUT2D eigenvalue weighted by Gasteiger charge is -2.20. The van der Waals surface area contributed by atoms with Crippen molar-refractivity contribution in [2.75, 3.05) is 0 Å². The molecule has 0 aliphatic rings. The van der Waals surface area contributed by atoms with E-state index < -0.39 is 35.4 Å². The van der Waals surface area contributed by atoms with Gasteiger partial charge < -0.3 is 11.1 Å². The average Bonchev–Trinajstić information content (AvgIpc) is 2.39. The number of primary amides is 1. The van der Waals surface area contributed by atoms with Crippen molar-refractivity contribution in [3.05, 3.63) is 35.4 Å². The molecule has 3 N–H and O–H groups in total. The number of halogens is 2. The molecule has 2 amide bonds. The van der Waals surface area contributed by atoms with Gasteiger partial charge in [0.05, 0.1) is 12.5 Å². The topological polar surface area (TPSA) is 96.0 Å². The molecule has 112 valence electrons. The first-order valence-corrected chi connectivity index (χ1v) is 6.24. The number of nitrogens with one attached hydrogen (secondary N) is 1. The fourth-order valence-corrected chi connectivity index (χ4v) is 1.82. The van der Waals surface area contributed by atoms with Gasteiger partial charge >= 0.3 is 0 Å². The Morgan fingerprint density at radius 2 is 2.10 bits per heavy atom. The number of carbonyl (C=O) groups excluding carboxylic acids is 2. The van der Waals surface area contributed by atoms with E-state index >= 15 is 0 Å². The van der Waals surface area contributed by atoms with E-state index in [0.29, 0.717) is 6.07 Å². The molecule has 0 aromatic heterocycles. The Morgan fingerprint density at radius 1 is 1.43 bits per heavy atom. The van der Waals surface area contributed by atoms with E-state index in [-0.39, 0.29) is 18.4 Å². The molecule has 2 atom stereocenters. The summed E-state index contributed by atoms with van der Waals surface area (Å²) in [5, 5.41) is 11.0. The van der Waals surface area contributed by atoms with Gasteiger partial charge in [0.25, 0.3) is 0 Å². The molecule has 7 heteroatoms. The molecule has 0 bridgehead atoms. The fourth-order valence-electron chi connectivity index (χ4n) is 1.82. The molecule has 0 saturated heterocycles. The molecular formula is C14H15F2N3O2. The lowest BCUT2D eigenvalue weighted by Crippen LogP contribution is -2.48. The third kappa shape index (κ3) is 4.84. The lowest BCUT2D eigenvalue weighted by atomic mass is 9.98. The van der Waals surface area contributed by atoms with Crippen molar-refractivity contribution in [3.8, 4) is 6.07 Å². The van der Waals surface area contributed by atoms with Gasteiger partial charge in [0.2, 0.25) is 11.8 Å². The van der Waals surface area contributed by atoms with Crippen LogP contribution in [-0.4, -0.2) is 17.9 Å². The SMILES string of the molecule is C[C@H](CC#N)[C@@H](NC(=O)Cc1ccc(F)cc1F)C(N)=O. The van der Waals surface area contributed by atoms with Gasteiger partial charge in [0, 0.05) is 12.5 Å². The summed E-state index contributed by atoms with van der Waals surface area (Å²) in [6.07, 6.45) is -0.312. The van der Waals surface area contributed by atoms with Crippen LogP contribution in [0.1, 0.15) is 18.9 Å². The van der Waals surface area contributed by atoms with Gasteiger partial charge in [-0.1, -0.05) is 13.0 Å². The molecule has 0 fully saturated rings. The van der Waals surface area contributed by atoms with Gasteiger partial charge in [-0.3, -0.25) is 9.59 Å². The van der Waals surface area contributed by atoms with Gasteiger partial charge in [-0.15, -0.1) is 0 Å². The Hall–Kier alpha value is -2.49. The number of benzene rings is 1. The van der Waals surface area contributed by atoms with E-state index in [1.165, 1.54) is 0 Å². The highest BCUT2D eigenvalue weighted by Gasteiger charge is 2.25. The molecule has 0 aliphatic heterocycles. The average molecular weight is 295 g/mol. The highest BCUT2D eigenvalue weighted by Crippen LogP contribution is 2.11. The van der Waals surface area contributed by atoms with Crippen molar-refractivity contribution in [1.82, 2.24) is 5.32 Å². The first-order chi connectivity index (χ1) is 9.85. The third-order valence-corrected chi connectivity index (χ3v) is 2.97. The van der Waals surface area contributed by atoms with E-state index in [1.54, 1.807) is 6.92 Å².